The van der Waals surface area contributed by atoms with Gasteiger partial charge < -0.3 is 4.90 Å². The summed E-state index contributed by atoms with van der Waals surface area (Å²) in [7, 11) is 4.04. The van der Waals surface area contributed by atoms with Crippen LogP contribution in [-0.2, 0) is 0 Å². The van der Waals surface area contributed by atoms with E-state index in [1.54, 1.807) is 0 Å². The third kappa shape index (κ3) is 2.37. The molecule has 0 aliphatic rings. The number of hydrogen-bond acceptors (Lipinski definition) is 2. The van der Waals surface area contributed by atoms with Gasteiger partial charge in [-0.1, -0.05) is 25.4 Å². The van der Waals surface area contributed by atoms with Crippen LogP contribution < -0.4 is 4.90 Å². The van der Waals surface area contributed by atoms with E-state index >= 15 is 0 Å². The van der Waals surface area contributed by atoms with Gasteiger partial charge in [0.1, 0.15) is 0 Å². The molecule has 0 saturated carbocycles. The molecule has 2 aromatic rings. The molecule has 0 aliphatic heterocycles. The Morgan fingerprint density at radius 1 is 1.18 bits per heavy atom. The Bertz CT molecular complexity index is 547. The van der Waals surface area contributed by atoms with Crippen LogP contribution in [0.15, 0.2) is 24.3 Å². The van der Waals surface area contributed by atoms with Crippen molar-refractivity contribution >= 4 is 28.2 Å². The van der Waals surface area contributed by atoms with Gasteiger partial charge in [0, 0.05) is 30.9 Å². The fraction of sp³-hybridized carbons (Fsp3) is 0.357. The van der Waals surface area contributed by atoms with E-state index < -0.39 is 0 Å². The Morgan fingerprint density at radius 2 is 1.88 bits per heavy atom. The lowest BCUT2D eigenvalue weighted by atomic mass is 10.1. The second-order valence-corrected chi connectivity index (χ2v) is 5.19. The summed E-state index contributed by atoms with van der Waals surface area (Å²) in [6, 6.07) is 8.14. The monoisotopic (exact) mass is 248 g/mol. The lowest BCUT2D eigenvalue weighted by molar-refractivity contribution is 0.830. The molecule has 1 aromatic heterocycles. The van der Waals surface area contributed by atoms with Gasteiger partial charge in [-0.25, -0.2) is 0 Å². The van der Waals surface area contributed by atoms with Crippen molar-refractivity contribution in [3.63, 3.8) is 0 Å². The molecule has 0 fully saturated rings. The van der Waals surface area contributed by atoms with Crippen molar-refractivity contribution in [2.24, 2.45) is 0 Å². The van der Waals surface area contributed by atoms with E-state index in [1.165, 1.54) is 0 Å². The second kappa shape index (κ2) is 4.53. The first-order valence-electron chi connectivity index (χ1n) is 5.76. The van der Waals surface area contributed by atoms with Crippen LogP contribution in [0.4, 0.5) is 5.69 Å². The lowest BCUT2D eigenvalue weighted by Crippen LogP contribution is -2.08. The van der Waals surface area contributed by atoms with Gasteiger partial charge in [-0.2, -0.15) is 0 Å². The van der Waals surface area contributed by atoms with Crippen molar-refractivity contribution in [1.29, 1.82) is 0 Å². The molecule has 0 amide bonds. The van der Waals surface area contributed by atoms with Gasteiger partial charge >= 0.3 is 0 Å². The van der Waals surface area contributed by atoms with Crippen molar-refractivity contribution in [1.82, 2.24) is 4.98 Å². The summed E-state index contributed by atoms with van der Waals surface area (Å²) < 4.78 is 0. The average molecular weight is 249 g/mol. The first-order chi connectivity index (χ1) is 7.99. The quantitative estimate of drug-likeness (QED) is 0.796. The number of fused-ring (bicyclic) bond motifs is 1. The van der Waals surface area contributed by atoms with E-state index in [0.717, 1.165) is 27.3 Å². The number of halogens is 1. The molecule has 1 aromatic carbocycles. The van der Waals surface area contributed by atoms with Crippen molar-refractivity contribution < 1.29 is 0 Å². The molecular weight excluding hydrogens is 232 g/mol. The molecular formula is C14H17ClN2. The standard InChI is InChI=1S/C14H17ClN2/c1-9(2)14-8-12(15)11-7-10(17(3)4)5-6-13(11)16-14/h5-9H,1-4H3. The molecule has 0 aliphatic carbocycles. The van der Waals surface area contributed by atoms with Gasteiger partial charge in [0.15, 0.2) is 0 Å². The van der Waals surface area contributed by atoms with Gasteiger partial charge in [0.25, 0.3) is 0 Å². The van der Waals surface area contributed by atoms with Gasteiger partial charge in [0.05, 0.1) is 10.5 Å². The Balaban J connectivity index is 2.64. The number of rotatable bonds is 2. The maximum Gasteiger partial charge on any atom is 0.0721 e. The highest BCUT2D eigenvalue weighted by molar-refractivity contribution is 6.35. The van der Waals surface area contributed by atoms with Crippen LogP contribution in [0, 0.1) is 0 Å². The highest BCUT2D eigenvalue weighted by Crippen LogP contribution is 2.28. The molecule has 1 heterocycles. The number of anilines is 1. The predicted molar refractivity (Wildman–Crippen MR) is 75.2 cm³/mol. The third-order valence-corrected chi connectivity index (χ3v) is 3.18. The SMILES string of the molecule is CC(C)c1cc(Cl)c2cc(N(C)C)ccc2n1. The molecule has 0 bridgehead atoms. The lowest BCUT2D eigenvalue weighted by Gasteiger charge is -2.14. The summed E-state index contributed by atoms with van der Waals surface area (Å²) >= 11 is 6.32. The summed E-state index contributed by atoms with van der Waals surface area (Å²) in [6.07, 6.45) is 0. The van der Waals surface area contributed by atoms with Gasteiger partial charge in [-0.15, -0.1) is 0 Å². The zero-order chi connectivity index (χ0) is 12.6. The third-order valence-electron chi connectivity index (χ3n) is 2.87. The van der Waals surface area contributed by atoms with Gasteiger partial charge in [-0.3, -0.25) is 4.98 Å². The van der Waals surface area contributed by atoms with E-state index in [0.29, 0.717) is 5.92 Å². The van der Waals surface area contributed by atoms with E-state index in [-0.39, 0.29) is 0 Å². The molecule has 2 nitrogen and oxygen atoms in total. The minimum Gasteiger partial charge on any atom is -0.378 e. The Hall–Kier alpha value is -1.28. The Kier molecular flexibility index (Phi) is 3.25. The van der Waals surface area contributed by atoms with Crippen molar-refractivity contribution in [3.05, 3.63) is 35.0 Å². The molecule has 0 atom stereocenters. The summed E-state index contributed by atoms with van der Waals surface area (Å²) in [4.78, 5) is 6.69. The highest BCUT2D eigenvalue weighted by Gasteiger charge is 2.08. The Morgan fingerprint density at radius 3 is 2.47 bits per heavy atom. The second-order valence-electron chi connectivity index (χ2n) is 4.78. The van der Waals surface area contributed by atoms with Crippen LogP contribution in [-0.4, -0.2) is 19.1 Å². The number of hydrogen-bond donors (Lipinski definition) is 0. The fourth-order valence-corrected chi connectivity index (χ4v) is 2.03. The molecule has 3 heteroatoms. The molecule has 0 N–H and O–H groups in total. The summed E-state index contributed by atoms with van der Waals surface area (Å²) in [5, 5.41) is 1.80. The molecule has 17 heavy (non-hydrogen) atoms. The Labute approximate surface area is 107 Å². The van der Waals surface area contributed by atoms with Crippen molar-refractivity contribution in [3.8, 4) is 0 Å². The summed E-state index contributed by atoms with van der Waals surface area (Å²) in [5.74, 6) is 0.394. The molecule has 0 saturated heterocycles. The molecule has 0 unspecified atom stereocenters. The van der Waals surface area contributed by atoms with Crippen molar-refractivity contribution in [2.45, 2.75) is 19.8 Å². The largest absolute Gasteiger partial charge is 0.378 e. The van der Waals surface area contributed by atoms with E-state index in [1.807, 2.05) is 26.2 Å². The van der Waals surface area contributed by atoms with Gasteiger partial charge in [-0.05, 0) is 30.2 Å². The minimum absolute atomic E-state index is 0.394. The van der Waals surface area contributed by atoms with Crippen LogP contribution in [0.1, 0.15) is 25.5 Å². The maximum atomic E-state index is 6.32. The highest BCUT2D eigenvalue weighted by atomic mass is 35.5. The summed E-state index contributed by atoms with van der Waals surface area (Å²) in [6.45, 7) is 4.25. The van der Waals surface area contributed by atoms with E-state index in [9.17, 15) is 0 Å². The van der Waals surface area contributed by atoms with Gasteiger partial charge in [0.2, 0.25) is 0 Å². The molecule has 2 rings (SSSR count). The van der Waals surface area contributed by atoms with Crippen LogP contribution >= 0.6 is 11.6 Å². The van der Waals surface area contributed by atoms with Crippen LogP contribution in [0.25, 0.3) is 10.9 Å². The van der Waals surface area contributed by atoms with E-state index in [4.69, 9.17) is 11.6 Å². The zero-order valence-corrected chi connectivity index (χ0v) is 11.4. The van der Waals surface area contributed by atoms with Crippen LogP contribution in [0.5, 0.6) is 0 Å². The number of aromatic nitrogens is 1. The summed E-state index contributed by atoms with van der Waals surface area (Å²) in [5.41, 5.74) is 3.14. The average Bonchev–Trinajstić information content (AvgIpc) is 2.28. The molecule has 0 radical (unpaired) electrons. The number of pyridine rings is 1. The van der Waals surface area contributed by atoms with Crippen molar-refractivity contribution in [2.75, 3.05) is 19.0 Å². The fourth-order valence-electron chi connectivity index (χ4n) is 1.77. The molecule has 0 spiro atoms. The van der Waals surface area contributed by atoms with E-state index in [2.05, 4.69) is 35.9 Å². The number of nitrogens with zero attached hydrogens (tertiary/aromatic N) is 2. The first-order valence-corrected chi connectivity index (χ1v) is 6.14. The smallest absolute Gasteiger partial charge is 0.0721 e. The number of benzene rings is 1. The maximum absolute atomic E-state index is 6.32. The normalized spacial score (nSPS) is 11.2. The zero-order valence-electron chi connectivity index (χ0n) is 10.7. The topological polar surface area (TPSA) is 16.1 Å². The molecule has 90 valence electrons. The minimum atomic E-state index is 0.394. The van der Waals surface area contributed by atoms with Crippen LogP contribution in [0.2, 0.25) is 5.02 Å². The first kappa shape index (κ1) is 12.2. The van der Waals surface area contributed by atoms with Crippen LogP contribution in [0.3, 0.4) is 0 Å². The predicted octanol–water partition coefficient (Wildman–Crippen LogP) is 4.08.